The molecule has 0 atom stereocenters. The van der Waals surface area contributed by atoms with Gasteiger partial charge in [-0.15, -0.1) is 0 Å². The van der Waals surface area contributed by atoms with E-state index in [9.17, 15) is 9.59 Å². The quantitative estimate of drug-likeness (QED) is 0.831. The lowest BCUT2D eigenvalue weighted by atomic mass is 9.95. The van der Waals surface area contributed by atoms with Crippen LogP contribution in [0.15, 0.2) is 16.6 Å². The number of fused-ring (bicyclic) bond motifs is 1. The molecule has 2 aliphatic heterocycles. The van der Waals surface area contributed by atoms with Crippen LogP contribution < -0.4 is 14.8 Å². The maximum Gasteiger partial charge on any atom is 0.227 e. The molecule has 136 valence electrons. The van der Waals surface area contributed by atoms with Gasteiger partial charge in [0.05, 0.1) is 5.69 Å². The van der Waals surface area contributed by atoms with Gasteiger partial charge in [-0.1, -0.05) is 13.8 Å². The molecule has 1 saturated heterocycles. The van der Waals surface area contributed by atoms with E-state index in [1.165, 1.54) is 0 Å². The number of carbonyl (C=O) groups is 2. The first-order chi connectivity index (χ1) is 12.0. The van der Waals surface area contributed by atoms with Crippen LogP contribution in [0.1, 0.15) is 26.7 Å². The third-order valence-electron chi connectivity index (χ3n) is 4.56. The molecule has 0 spiro atoms. The lowest BCUT2D eigenvalue weighted by molar-refractivity contribution is -0.137. The minimum absolute atomic E-state index is 0.000883. The number of piperidine rings is 1. The van der Waals surface area contributed by atoms with Crippen LogP contribution in [-0.2, 0) is 9.59 Å². The number of nitrogens with one attached hydrogen (secondary N) is 1. The maximum atomic E-state index is 12.6. The first kappa shape index (κ1) is 18.0. The van der Waals surface area contributed by atoms with E-state index in [2.05, 4.69) is 21.2 Å². The Labute approximate surface area is 156 Å². The molecule has 25 heavy (non-hydrogen) atoms. The molecular formula is C18H23BrN2O4. The number of amides is 2. The molecule has 6 nitrogen and oxygen atoms in total. The van der Waals surface area contributed by atoms with Gasteiger partial charge in [-0.2, -0.15) is 0 Å². The number of halogens is 1. The summed E-state index contributed by atoms with van der Waals surface area (Å²) in [5.74, 6) is 1.37. The highest BCUT2D eigenvalue weighted by atomic mass is 79.9. The third-order valence-corrected chi connectivity index (χ3v) is 5.22. The Bertz CT molecular complexity index is 669. The van der Waals surface area contributed by atoms with E-state index >= 15 is 0 Å². The van der Waals surface area contributed by atoms with Crippen molar-refractivity contribution in [3.05, 3.63) is 16.6 Å². The molecular weight excluding hydrogens is 388 g/mol. The number of hydrogen-bond acceptors (Lipinski definition) is 4. The van der Waals surface area contributed by atoms with Gasteiger partial charge in [0.1, 0.15) is 13.2 Å². The summed E-state index contributed by atoms with van der Waals surface area (Å²) in [5, 5.41) is 2.97. The molecule has 2 aliphatic rings. The number of rotatable bonds is 3. The number of likely N-dealkylation sites (tertiary alicyclic amines) is 1. The lowest BCUT2D eigenvalue weighted by Gasteiger charge is -2.32. The van der Waals surface area contributed by atoms with E-state index in [-0.39, 0.29) is 23.7 Å². The Kier molecular flexibility index (Phi) is 5.51. The van der Waals surface area contributed by atoms with Crippen molar-refractivity contribution in [3.63, 3.8) is 0 Å². The van der Waals surface area contributed by atoms with Gasteiger partial charge in [-0.25, -0.2) is 0 Å². The van der Waals surface area contributed by atoms with Crippen LogP contribution in [0, 0.1) is 11.8 Å². The van der Waals surface area contributed by atoms with Gasteiger partial charge < -0.3 is 19.7 Å². The second-order valence-electron chi connectivity index (χ2n) is 6.72. The largest absolute Gasteiger partial charge is 0.486 e. The summed E-state index contributed by atoms with van der Waals surface area (Å²) >= 11 is 3.47. The van der Waals surface area contributed by atoms with Crippen LogP contribution in [0.2, 0.25) is 0 Å². The highest BCUT2D eigenvalue weighted by Crippen LogP contribution is 2.38. The number of hydrogen-bond donors (Lipinski definition) is 1. The summed E-state index contributed by atoms with van der Waals surface area (Å²) in [4.78, 5) is 26.5. The molecule has 3 rings (SSSR count). The third kappa shape index (κ3) is 4.08. The van der Waals surface area contributed by atoms with Crippen molar-refractivity contribution >= 4 is 33.4 Å². The maximum absolute atomic E-state index is 12.6. The summed E-state index contributed by atoms with van der Waals surface area (Å²) in [5.41, 5.74) is 0.676. The van der Waals surface area contributed by atoms with Gasteiger partial charge in [0.25, 0.3) is 0 Å². The van der Waals surface area contributed by atoms with Crippen LogP contribution in [0.4, 0.5) is 5.69 Å². The Morgan fingerprint density at radius 3 is 2.36 bits per heavy atom. The van der Waals surface area contributed by atoms with Crippen molar-refractivity contribution in [2.24, 2.45) is 11.8 Å². The van der Waals surface area contributed by atoms with Crippen molar-refractivity contribution in [2.75, 3.05) is 31.6 Å². The standard InChI is InChI=1S/C18H23BrN2O4/c1-11(2)18(23)21-5-3-12(4-6-21)17(22)20-14-10-16-15(9-13(14)19)24-7-8-25-16/h9-12H,3-8H2,1-2H3,(H,20,22). The molecule has 0 aromatic heterocycles. The Morgan fingerprint density at radius 2 is 1.76 bits per heavy atom. The monoisotopic (exact) mass is 410 g/mol. The Hall–Kier alpha value is -1.76. The van der Waals surface area contributed by atoms with Gasteiger partial charge in [0, 0.05) is 41.5 Å². The highest BCUT2D eigenvalue weighted by Gasteiger charge is 2.28. The second-order valence-corrected chi connectivity index (χ2v) is 7.57. The molecule has 0 radical (unpaired) electrons. The number of anilines is 1. The molecule has 1 aromatic carbocycles. The van der Waals surface area contributed by atoms with Gasteiger partial charge in [0.15, 0.2) is 11.5 Å². The van der Waals surface area contributed by atoms with Crippen LogP contribution in [0.3, 0.4) is 0 Å². The fraction of sp³-hybridized carbons (Fsp3) is 0.556. The van der Waals surface area contributed by atoms with Crippen LogP contribution >= 0.6 is 15.9 Å². The van der Waals surface area contributed by atoms with Gasteiger partial charge >= 0.3 is 0 Å². The number of carbonyl (C=O) groups excluding carboxylic acids is 2. The summed E-state index contributed by atoms with van der Waals surface area (Å²) < 4.78 is 11.9. The summed E-state index contributed by atoms with van der Waals surface area (Å²) in [6.45, 7) is 6.11. The molecule has 0 aliphatic carbocycles. The second kappa shape index (κ2) is 7.64. The molecule has 1 N–H and O–H groups in total. The van der Waals surface area contributed by atoms with E-state index in [1.54, 1.807) is 6.07 Å². The predicted octanol–water partition coefficient (Wildman–Crippen LogP) is 3.05. The number of benzene rings is 1. The zero-order chi connectivity index (χ0) is 18.0. The van der Waals surface area contributed by atoms with Crippen molar-refractivity contribution in [1.82, 2.24) is 4.90 Å². The molecule has 1 aromatic rings. The van der Waals surface area contributed by atoms with E-state index in [1.807, 2.05) is 24.8 Å². The first-order valence-corrected chi connectivity index (χ1v) is 9.44. The lowest BCUT2D eigenvalue weighted by Crippen LogP contribution is -2.43. The van der Waals surface area contributed by atoms with Crippen molar-refractivity contribution in [2.45, 2.75) is 26.7 Å². The predicted molar refractivity (Wildman–Crippen MR) is 97.9 cm³/mol. The van der Waals surface area contributed by atoms with Crippen molar-refractivity contribution in [1.29, 1.82) is 0 Å². The molecule has 7 heteroatoms. The first-order valence-electron chi connectivity index (χ1n) is 8.64. The van der Waals surface area contributed by atoms with E-state index < -0.39 is 0 Å². The average Bonchev–Trinajstić information content (AvgIpc) is 2.61. The van der Waals surface area contributed by atoms with Gasteiger partial charge in [-0.05, 0) is 28.8 Å². The van der Waals surface area contributed by atoms with Crippen molar-refractivity contribution < 1.29 is 19.1 Å². The average molecular weight is 411 g/mol. The normalized spacial score (nSPS) is 17.5. The summed E-state index contributed by atoms with van der Waals surface area (Å²) in [7, 11) is 0. The van der Waals surface area contributed by atoms with E-state index in [4.69, 9.17) is 9.47 Å². The SMILES string of the molecule is CC(C)C(=O)N1CCC(C(=O)Nc2cc3c(cc2Br)OCCO3)CC1. The minimum atomic E-state index is -0.0867. The van der Waals surface area contributed by atoms with E-state index in [0.29, 0.717) is 56.3 Å². The van der Waals surface area contributed by atoms with Gasteiger partial charge in [-0.3, -0.25) is 9.59 Å². The fourth-order valence-electron chi connectivity index (χ4n) is 3.12. The van der Waals surface area contributed by atoms with Crippen LogP contribution in [0.5, 0.6) is 11.5 Å². The molecule has 2 amide bonds. The molecule has 0 saturated carbocycles. The minimum Gasteiger partial charge on any atom is -0.486 e. The topological polar surface area (TPSA) is 67.9 Å². The Morgan fingerprint density at radius 1 is 1.16 bits per heavy atom. The highest BCUT2D eigenvalue weighted by molar-refractivity contribution is 9.10. The Balaban J connectivity index is 1.61. The summed E-state index contributed by atoms with van der Waals surface area (Å²) in [6, 6.07) is 3.60. The zero-order valence-electron chi connectivity index (χ0n) is 14.5. The molecule has 1 fully saturated rings. The van der Waals surface area contributed by atoms with Crippen LogP contribution in [0.25, 0.3) is 0 Å². The number of ether oxygens (including phenoxy) is 2. The molecule has 0 unspecified atom stereocenters. The van der Waals surface area contributed by atoms with Gasteiger partial charge in [0.2, 0.25) is 11.8 Å². The molecule has 2 heterocycles. The number of nitrogens with zero attached hydrogens (tertiary/aromatic N) is 1. The summed E-state index contributed by atoms with van der Waals surface area (Å²) in [6.07, 6.45) is 1.37. The fourth-order valence-corrected chi connectivity index (χ4v) is 3.54. The van der Waals surface area contributed by atoms with E-state index in [0.717, 1.165) is 4.47 Å². The van der Waals surface area contributed by atoms with Crippen molar-refractivity contribution in [3.8, 4) is 11.5 Å². The molecule has 0 bridgehead atoms. The zero-order valence-corrected chi connectivity index (χ0v) is 16.1. The smallest absolute Gasteiger partial charge is 0.227 e. The van der Waals surface area contributed by atoms with Crippen LogP contribution in [-0.4, -0.2) is 43.0 Å².